The Kier molecular flexibility index (Phi) is 5.76. The fourth-order valence-corrected chi connectivity index (χ4v) is 3.89. The summed E-state index contributed by atoms with van der Waals surface area (Å²) in [7, 11) is 1.66. The lowest BCUT2D eigenvalue weighted by molar-refractivity contribution is 0.00256. The third kappa shape index (κ3) is 4.12. The van der Waals surface area contributed by atoms with Crippen molar-refractivity contribution in [3.05, 3.63) is 59.2 Å². The van der Waals surface area contributed by atoms with Crippen molar-refractivity contribution >= 4 is 5.91 Å². The summed E-state index contributed by atoms with van der Waals surface area (Å²) in [5.41, 5.74) is 3.88. The molecule has 2 heterocycles. The second kappa shape index (κ2) is 8.61. The lowest BCUT2D eigenvalue weighted by Crippen LogP contribution is -2.28. The Bertz CT molecular complexity index is 854. The highest BCUT2D eigenvalue weighted by atomic mass is 16.5. The lowest BCUT2D eigenvalue weighted by Gasteiger charge is -2.25. The van der Waals surface area contributed by atoms with Gasteiger partial charge in [0.1, 0.15) is 11.9 Å². The Morgan fingerprint density at radius 2 is 2.18 bits per heavy atom. The summed E-state index contributed by atoms with van der Waals surface area (Å²) >= 11 is 0. The number of methoxy groups -OCH3 is 1. The van der Waals surface area contributed by atoms with Crippen LogP contribution in [-0.4, -0.2) is 29.1 Å². The summed E-state index contributed by atoms with van der Waals surface area (Å²) in [5, 5.41) is 3.01. The molecule has 1 N–H and O–H groups in total. The van der Waals surface area contributed by atoms with Gasteiger partial charge >= 0.3 is 0 Å². The molecule has 0 fully saturated rings. The standard InChI is InChI=1S/C22H27N3O3/c1-27-18-9-7-17(8-10-18)20-13-25-15-24-21(19(25)14-28-20)22(26)23-12-11-16-5-3-2-4-6-16/h5,7-10,15,20H,2-4,6,11-14H2,1H3,(H,23,26)/t20-/m0/s1. The van der Waals surface area contributed by atoms with Crippen LogP contribution in [0.25, 0.3) is 0 Å². The Labute approximate surface area is 165 Å². The molecular weight excluding hydrogens is 354 g/mol. The zero-order chi connectivity index (χ0) is 19.3. The van der Waals surface area contributed by atoms with E-state index in [1.165, 1.54) is 24.8 Å². The summed E-state index contributed by atoms with van der Waals surface area (Å²) in [6, 6.07) is 7.89. The number of rotatable bonds is 6. The largest absolute Gasteiger partial charge is 0.497 e. The van der Waals surface area contributed by atoms with E-state index in [4.69, 9.17) is 9.47 Å². The maximum absolute atomic E-state index is 12.6. The van der Waals surface area contributed by atoms with E-state index in [-0.39, 0.29) is 12.0 Å². The Hall–Kier alpha value is -2.60. The minimum Gasteiger partial charge on any atom is -0.497 e. The van der Waals surface area contributed by atoms with Crippen molar-refractivity contribution in [2.75, 3.05) is 13.7 Å². The van der Waals surface area contributed by atoms with Gasteiger partial charge in [0.2, 0.25) is 0 Å². The van der Waals surface area contributed by atoms with Crippen molar-refractivity contribution in [1.29, 1.82) is 0 Å². The highest BCUT2D eigenvalue weighted by Gasteiger charge is 2.26. The number of hydrogen-bond donors (Lipinski definition) is 1. The number of ether oxygens (including phenoxy) is 2. The first-order chi connectivity index (χ1) is 13.7. The van der Waals surface area contributed by atoms with Crippen molar-refractivity contribution in [2.24, 2.45) is 0 Å². The van der Waals surface area contributed by atoms with Gasteiger partial charge in [-0.25, -0.2) is 4.98 Å². The third-order valence-electron chi connectivity index (χ3n) is 5.55. The molecule has 0 saturated carbocycles. The number of amides is 1. The monoisotopic (exact) mass is 381 g/mol. The van der Waals surface area contributed by atoms with E-state index in [1.807, 2.05) is 28.8 Å². The number of carbonyl (C=O) groups is 1. The van der Waals surface area contributed by atoms with Gasteiger partial charge in [-0.15, -0.1) is 0 Å². The summed E-state index contributed by atoms with van der Waals surface area (Å²) in [6.45, 7) is 1.69. The quantitative estimate of drug-likeness (QED) is 0.774. The first-order valence-electron chi connectivity index (χ1n) is 10.0. The average Bonchev–Trinajstić information content (AvgIpc) is 3.18. The van der Waals surface area contributed by atoms with Gasteiger partial charge in [0.05, 0.1) is 32.3 Å². The number of nitrogens with one attached hydrogen (secondary N) is 1. The molecule has 1 aliphatic carbocycles. The number of hydrogen-bond acceptors (Lipinski definition) is 4. The topological polar surface area (TPSA) is 65.4 Å². The van der Waals surface area contributed by atoms with Crippen LogP contribution in [-0.2, 0) is 17.9 Å². The van der Waals surface area contributed by atoms with Crippen LogP contribution in [0.3, 0.4) is 0 Å². The summed E-state index contributed by atoms with van der Waals surface area (Å²) in [6.07, 6.45) is 9.82. The fourth-order valence-electron chi connectivity index (χ4n) is 3.89. The molecule has 0 spiro atoms. The summed E-state index contributed by atoms with van der Waals surface area (Å²) in [5.74, 6) is 0.711. The molecule has 0 radical (unpaired) electrons. The number of imidazole rings is 1. The van der Waals surface area contributed by atoms with Gasteiger partial charge in [-0.05, 0) is 49.8 Å². The molecule has 4 rings (SSSR count). The highest BCUT2D eigenvalue weighted by molar-refractivity contribution is 5.93. The molecule has 0 bridgehead atoms. The van der Waals surface area contributed by atoms with E-state index in [2.05, 4.69) is 16.4 Å². The molecule has 28 heavy (non-hydrogen) atoms. The van der Waals surface area contributed by atoms with Crippen LogP contribution in [0, 0.1) is 0 Å². The molecular formula is C22H27N3O3. The normalized spacial score (nSPS) is 18.9. The van der Waals surface area contributed by atoms with Crippen molar-refractivity contribution in [3.63, 3.8) is 0 Å². The molecule has 1 amide bonds. The molecule has 6 nitrogen and oxygen atoms in total. The number of nitrogens with zero attached hydrogens (tertiary/aromatic N) is 2. The maximum atomic E-state index is 12.6. The molecule has 1 aromatic carbocycles. The predicted octanol–water partition coefficient (Wildman–Crippen LogP) is 3.78. The van der Waals surface area contributed by atoms with Gasteiger partial charge in [0.15, 0.2) is 5.69 Å². The summed E-state index contributed by atoms with van der Waals surface area (Å²) < 4.78 is 13.3. The molecule has 0 unspecified atom stereocenters. The number of carbonyl (C=O) groups excluding carboxylic acids is 1. The van der Waals surface area contributed by atoms with E-state index in [0.717, 1.165) is 29.8 Å². The van der Waals surface area contributed by atoms with E-state index in [0.29, 0.717) is 25.4 Å². The van der Waals surface area contributed by atoms with E-state index >= 15 is 0 Å². The maximum Gasteiger partial charge on any atom is 0.271 e. The van der Waals surface area contributed by atoms with Gasteiger partial charge in [0, 0.05) is 6.54 Å². The number of allylic oxidation sites excluding steroid dienone is 1. The van der Waals surface area contributed by atoms with Crippen molar-refractivity contribution in [3.8, 4) is 5.75 Å². The molecule has 6 heteroatoms. The fraction of sp³-hybridized carbons (Fsp3) is 0.455. The van der Waals surface area contributed by atoms with Crippen LogP contribution in [0.1, 0.15) is 60.0 Å². The van der Waals surface area contributed by atoms with Gasteiger partial charge in [-0.1, -0.05) is 23.8 Å². The smallest absolute Gasteiger partial charge is 0.271 e. The zero-order valence-corrected chi connectivity index (χ0v) is 16.3. The highest BCUT2D eigenvalue weighted by Crippen LogP contribution is 2.29. The molecule has 1 aliphatic heterocycles. The molecule has 1 aromatic heterocycles. The van der Waals surface area contributed by atoms with Crippen molar-refractivity contribution < 1.29 is 14.3 Å². The Morgan fingerprint density at radius 1 is 1.32 bits per heavy atom. The van der Waals surface area contributed by atoms with Gasteiger partial charge < -0.3 is 19.4 Å². The van der Waals surface area contributed by atoms with Gasteiger partial charge in [0.25, 0.3) is 5.91 Å². The first kappa shape index (κ1) is 18.7. The zero-order valence-electron chi connectivity index (χ0n) is 16.3. The Morgan fingerprint density at radius 3 is 2.93 bits per heavy atom. The van der Waals surface area contributed by atoms with Crippen LogP contribution < -0.4 is 10.1 Å². The van der Waals surface area contributed by atoms with E-state index in [1.54, 1.807) is 13.4 Å². The van der Waals surface area contributed by atoms with Gasteiger partial charge in [-0.3, -0.25) is 4.79 Å². The Balaban J connectivity index is 1.36. The molecule has 2 aliphatic rings. The second-order valence-electron chi connectivity index (χ2n) is 7.38. The number of fused-ring (bicyclic) bond motifs is 1. The lowest BCUT2D eigenvalue weighted by atomic mass is 9.97. The summed E-state index contributed by atoms with van der Waals surface area (Å²) in [4.78, 5) is 16.9. The van der Waals surface area contributed by atoms with Crippen LogP contribution in [0.4, 0.5) is 0 Å². The van der Waals surface area contributed by atoms with Gasteiger partial charge in [-0.2, -0.15) is 0 Å². The van der Waals surface area contributed by atoms with Crippen LogP contribution >= 0.6 is 0 Å². The minimum atomic E-state index is -0.114. The van der Waals surface area contributed by atoms with Crippen LogP contribution in [0.5, 0.6) is 5.75 Å². The van der Waals surface area contributed by atoms with Crippen molar-refractivity contribution in [1.82, 2.24) is 14.9 Å². The van der Waals surface area contributed by atoms with E-state index < -0.39 is 0 Å². The minimum absolute atomic E-state index is 0.0539. The number of aromatic nitrogens is 2. The SMILES string of the molecule is COc1ccc([C@@H]2Cn3cnc(C(=O)NCCC4=CCCCC4)c3CO2)cc1. The van der Waals surface area contributed by atoms with Crippen LogP contribution in [0.15, 0.2) is 42.2 Å². The molecule has 2 aromatic rings. The molecule has 148 valence electrons. The van der Waals surface area contributed by atoms with Crippen molar-refractivity contribution in [2.45, 2.75) is 51.4 Å². The predicted molar refractivity (Wildman–Crippen MR) is 106 cm³/mol. The number of benzene rings is 1. The van der Waals surface area contributed by atoms with Crippen LogP contribution in [0.2, 0.25) is 0 Å². The van der Waals surface area contributed by atoms with E-state index in [9.17, 15) is 4.79 Å². The third-order valence-corrected chi connectivity index (χ3v) is 5.55. The first-order valence-corrected chi connectivity index (χ1v) is 10.0. The second-order valence-corrected chi connectivity index (χ2v) is 7.38. The molecule has 0 saturated heterocycles. The molecule has 1 atom stereocenters. The average molecular weight is 381 g/mol.